The summed E-state index contributed by atoms with van der Waals surface area (Å²) in [7, 11) is 0. The Hall–Kier alpha value is -3.81. The number of pyridine rings is 1. The number of aryl methyl sites for hydroxylation is 1. The average Bonchev–Trinajstić information content (AvgIpc) is 3.01. The van der Waals surface area contributed by atoms with Crippen LogP contribution in [-0.4, -0.2) is 28.4 Å². The van der Waals surface area contributed by atoms with Gasteiger partial charge in [0, 0.05) is 28.9 Å². The maximum absolute atomic E-state index is 13.0. The summed E-state index contributed by atoms with van der Waals surface area (Å²) >= 11 is 0. The van der Waals surface area contributed by atoms with Gasteiger partial charge < -0.3 is 10.1 Å². The molecule has 8 heteroatoms. The summed E-state index contributed by atoms with van der Waals surface area (Å²) in [6.45, 7) is -0.493. The SMILES string of the molecule is O=C(COC(=O)c1c2c(nc3ccccc13)CCCCC2)Nc1cccc([N+](=O)[O-])c1. The van der Waals surface area contributed by atoms with E-state index in [-0.39, 0.29) is 11.4 Å². The molecule has 1 heterocycles. The van der Waals surface area contributed by atoms with Gasteiger partial charge in [0.25, 0.3) is 11.6 Å². The van der Waals surface area contributed by atoms with Crippen molar-refractivity contribution >= 4 is 34.2 Å². The number of anilines is 1. The topological polar surface area (TPSA) is 111 Å². The van der Waals surface area contributed by atoms with Gasteiger partial charge in [-0.2, -0.15) is 0 Å². The van der Waals surface area contributed by atoms with Gasteiger partial charge in [-0.25, -0.2) is 4.79 Å². The lowest BCUT2D eigenvalue weighted by molar-refractivity contribution is -0.384. The standard InChI is InChI=1S/C23H21N3O5/c27-21(24-15-7-6-8-16(13-15)26(29)30)14-31-23(28)22-17-9-2-1-3-11-19(17)25-20-12-5-4-10-18(20)22/h4-8,10,12-13H,1-3,9,11,14H2,(H,24,27). The Morgan fingerprint density at radius 2 is 1.87 bits per heavy atom. The van der Waals surface area contributed by atoms with E-state index in [1.807, 2.05) is 24.3 Å². The fraction of sp³-hybridized carbons (Fsp3) is 0.261. The normalized spacial score (nSPS) is 13.2. The van der Waals surface area contributed by atoms with Crippen molar-refractivity contribution in [3.8, 4) is 0 Å². The number of hydrogen-bond acceptors (Lipinski definition) is 6. The van der Waals surface area contributed by atoms with Gasteiger partial charge in [0.1, 0.15) is 0 Å². The van der Waals surface area contributed by atoms with Crippen LogP contribution in [0.1, 0.15) is 40.9 Å². The number of nitro groups is 1. The fourth-order valence-corrected chi connectivity index (χ4v) is 3.88. The van der Waals surface area contributed by atoms with Gasteiger partial charge in [-0.3, -0.25) is 19.9 Å². The highest BCUT2D eigenvalue weighted by Crippen LogP contribution is 2.29. The number of aromatic nitrogens is 1. The third-order valence-electron chi connectivity index (χ3n) is 5.30. The van der Waals surface area contributed by atoms with Crippen LogP contribution in [0.2, 0.25) is 0 Å². The van der Waals surface area contributed by atoms with Crippen LogP contribution in [-0.2, 0) is 22.4 Å². The van der Waals surface area contributed by atoms with E-state index >= 15 is 0 Å². The molecule has 1 aliphatic rings. The molecule has 1 N–H and O–H groups in total. The number of carbonyl (C=O) groups excluding carboxylic acids is 2. The van der Waals surface area contributed by atoms with Crippen LogP contribution < -0.4 is 5.32 Å². The number of hydrogen-bond donors (Lipinski definition) is 1. The third-order valence-corrected chi connectivity index (χ3v) is 5.30. The number of nitrogens with one attached hydrogen (secondary N) is 1. The third kappa shape index (κ3) is 4.53. The van der Waals surface area contributed by atoms with E-state index in [0.717, 1.165) is 48.9 Å². The van der Waals surface area contributed by atoms with Gasteiger partial charge in [-0.1, -0.05) is 30.7 Å². The zero-order valence-electron chi connectivity index (χ0n) is 16.8. The molecule has 3 aromatic rings. The first-order valence-electron chi connectivity index (χ1n) is 10.1. The number of rotatable bonds is 5. The number of amides is 1. The molecule has 0 bridgehead atoms. The Morgan fingerprint density at radius 1 is 1.06 bits per heavy atom. The predicted octanol–water partition coefficient (Wildman–Crippen LogP) is 4.21. The largest absolute Gasteiger partial charge is 0.452 e. The molecule has 1 amide bonds. The molecule has 31 heavy (non-hydrogen) atoms. The second kappa shape index (κ2) is 8.91. The molecule has 1 aliphatic carbocycles. The molecule has 1 aromatic heterocycles. The summed E-state index contributed by atoms with van der Waals surface area (Å²) in [6, 6.07) is 13.0. The smallest absolute Gasteiger partial charge is 0.339 e. The monoisotopic (exact) mass is 419 g/mol. The van der Waals surface area contributed by atoms with Crippen LogP contribution in [0.25, 0.3) is 10.9 Å². The lowest BCUT2D eigenvalue weighted by atomic mass is 9.97. The number of para-hydroxylation sites is 1. The number of ether oxygens (including phenoxy) is 1. The second-order valence-corrected chi connectivity index (χ2v) is 7.42. The number of non-ortho nitro benzene ring substituents is 1. The minimum atomic E-state index is -0.571. The van der Waals surface area contributed by atoms with Crippen molar-refractivity contribution < 1.29 is 19.2 Å². The van der Waals surface area contributed by atoms with Gasteiger partial charge in [0.15, 0.2) is 6.61 Å². The van der Waals surface area contributed by atoms with Crippen LogP contribution in [0.5, 0.6) is 0 Å². The molecule has 0 aliphatic heterocycles. The molecule has 0 spiro atoms. The van der Waals surface area contributed by atoms with Gasteiger partial charge in [-0.05, 0) is 43.4 Å². The van der Waals surface area contributed by atoms with Crippen molar-refractivity contribution in [1.82, 2.24) is 4.98 Å². The van der Waals surface area contributed by atoms with E-state index in [2.05, 4.69) is 5.32 Å². The van der Waals surface area contributed by atoms with E-state index in [0.29, 0.717) is 10.9 Å². The van der Waals surface area contributed by atoms with Crippen LogP contribution in [0, 0.1) is 10.1 Å². The summed E-state index contributed by atoms with van der Waals surface area (Å²) in [6.07, 6.45) is 4.64. The van der Waals surface area contributed by atoms with Gasteiger partial charge in [0.2, 0.25) is 0 Å². The van der Waals surface area contributed by atoms with Gasteiger partial charge >= 0.3 is 5.97 Å². The number of nitro benzene ring substituents is 1. The first-order chi connectivity index (χ1) is 15.0. The molecule has 2 aromatic carbocycles. The number of nitrogens with zero attached hydrogens (tertiary/aromatic N) is 2. The van der Waals surface area contributed by atoms with Crippen molar-refractivity contribution in [3.05, 3.63) is 75.5 Å². The molecule has 0 radical (unpaired) electrons. The molecule has 158 valence electrons. The fourth-order valence-electron chi connectivity index (χ4n) is 3.88. The van der Waals surface area contributed by atoms with Gasteiger partial charge in [0.05, 0.1) is 16.0 Å². The molecule has 0 unspecified atom stereocenters. The maximum Gasteiger partial charge on any atom is 0.339 e. The van der Waals surface area contributed by atoms with E-state index in [1.54, 1.807) is 0 Å². The highest BCUT2D eigenvalue weighted by atomic mass is 16.6. The molecule has 0 fully saturated rings. The second-order valence-electron chi connectivity index (χ2n) is 7.42. The van der Waals surface area contributed by atoms with Crippen LogP contribution in [0.4, 0.5) is 11.4 Å². The van der Waals surface area contributed by atoms with E-state index in [9.17, 15) is 19.7 Å². The van der Waals surface area contributed by atoms with Crippen molar-refractivity contribution in [2.75, 3.05) is 11.9 Å². The van der Waals surface area contributed by atoms with E-state index in [4.69, 9.17) is 9.72 Å². The van der Waals surface area contributed by atoms with Crippen LogP contribution in [0.15, 0.2) is 48.5 Å². The van der Waals surface area contributed by atoms with Crippen molar-refractivity contribution in [2.24, 2.45) is 0 Å². The summed E-state index contributed by atoms with van der Waals surface area (Å²) in [5.74, 6) is -1.13. The number of carbonyl (C=O) groups is 2. The lowest BCUT2D eigenvalue weighted by Gasteiger charge is -2.15. The van der Waals surface area contributed by atoms with Crippen LogP contribution in [0.3, 0.4) is 0 Å². The molecular weight excluding hydrogens is 398 g/mol. The van der Waals surface area contributed by atoms with Crippen LogP contribution >= 0.6 is 0 Å². The van der Waals surface area contributed by atoms with E-state index in [1.165, 1.54) is 24.3 Å². The minimum Gasteiger partial charge on any atom is -0.452 e. The predicted molar refractivity (Wildman–Crippen MR) is 115 cm³/mol. The minimum absolute atomic E-state index is 0.138. The average molecular weight is 419 g/mol. The number of esters is 1. The Morgan fingerprint density at radius 3 is 2.71 bits per heavy atom. The number of benzene rings is 2. The summed E-state index contributed by atoms with van der Waals surface area (Å²) in [4.78, 5) is 40.4. The summed E-state index contributed by atoms with van der Waals surface area (Å²) < 4.78 is 5.34. The highest BCUT2D eigenvalue weighted by Gasteiger charge is 2.23. The summed E-state index contributed by atoms with van der Waals surface area (Å²) in [5, 5.41) is 14.1. The van der Waals surface area contributed by atoms with Crippen molar-refractivity contribution in [2.45, 2.75) is 32.1 Å². The molecule has 4 rings (SSSR count). The zero-order chi connectivity index (χ0) is 21.8. The molecule has 0 saturated heterocycles. The Balaban J connectivity index is 1.53. The lowest BCUT2D eigenvalue weighted by Crippen LogP contribution is -2.22. The highest BCUT2D eigenvalue weighted by molar-refractivity contribution is 6.06. The molecule has 0 atom stereocenters. The first kappa shape index (κ1) is 20.5. The Bertz CT molecular complexity index is 1180. The Labute approximate surface area is 178 Å². The van der Waals surface area contributed by atoms with Gasteiger partial charge in [-0.15, -0.1) is 0 Å². The van der Waals surface area contributed by atoms with Crippen molar-refractivity contribution in [1.29, 1.82) is 0 Å². The zero-order valence-corrected chi connectivity index (χ0v) is 16.8. The first-order valence-corrected chi connectivity index (χ1v) is 10.1. The molecule has 0 saturated carbocycles. The quantitative estimate of drug-likeness (QED) is 0.287. The van der Waals surface area contributed by atoms with E-state index < -0.39 is 23.4 Å². The maximum atomic E-state index is 13.0. The number of fused-ring (bicyclic) bond motifs is 2. The van der Waals surface area contributed by atoms with Crippen molar-refractivity contribution in [3.63, 3.8) is 0 Å². The summed E-state index contributed by atoms with van der Waals surface area (Å²) in [5.41, 5.74) is 3.16. The molecule has 8 nitrogen and oxygen atoms in total. The Kier molecular flexibility index (Phi) is 5.88. The molecular formula is C23H21N3O5.